The molecule has 0 aromatic heterocycles. The smallest absolute Gasteiger partial charge is 0.309 e. The van der Waals surface area contributed by atoms with E-state index in [0.717, 1.165) is 0 Å². The Morgan fingerprint density at radius 3 is 2.44 bits per heavy atom. The van der Waals surface area contributed by atoms with E-state index in [2.05, 4.69) is 0 Å². The number of epoxide rings is 1. The Bertz CT molecular complexity index is 961. The first-order valence-corrected chi connectivity index (χ1v) is 13.8. The molecule has 9 nitrogen and oxygen atoms in total. The lowest BCUT2D eigenvalue weighted by Gasteiger charge is -2.27. The van der Waals surface area contributed by atoms with Gasteiger partial charge in [0.1, 0.15) is 23.9 Å². The summed E-state index contributed by atoms with van der Waals surface area (Å²) in [5, 5.41) is 31.7. The summed E-state index contributed by atoms with van der Waals surface area (Å²) in [7, 11) is 0. The number of ether oxygens (including phenoxy) is 3. The van der Waals surface area contributed by atoms with Crippen molar-refractivity contribution in [3.05, 3.63) is 36.0 Å². The zero-order valence-electron chi connectivity index (χ0n) is 24.3. The van der Waals surface area contributed by atoms with Gasteiger partial charge in [0, 0.05) is 25.7 Å². The maximum absolute atomic E-state index is 12.6. The molecule has 9 unspecified atom stereocenters. The second kappa shape index (κ2) is 13.8. The van der Waals surface area contributed by atoms with Crippen LogP contribution in [0.15, 0.2) is 36.0 Å². The number of allylic oxidation sites excluding steroid dienone is 2. The average Bonchev–Trinajstić information content (AvgIpc) is 3.60. The quantitative estimate of drug-likeness (QED) is 0.170. The molecule has 3 N–H and O–H groups in total. The molecule has 39 heavy (non-hydrogen) atoms. The van der Waals surface area contributed by atoms with Gasteiger partial charge >= 0.3 is 11.9 Å². The van der Waals surface area contributed by atoms with Crippen molar-refractivity contribution < 1.29 is 43.9 Å². The molecule has 9 heteroatoms. The van der Waals surface area contributed by atoms with Gasteiger partial charge in [-0.05, 0) is 51.2 Å². The molecular weight excluding hydrogens is 504 g/mol. The number of aliphatic hydroxyl groups excluding tert-OH is 1. The first-order valence-electron chi connectivity index (χ1n) is 13.8. The molecule has 0 saturated carbocycles. The van der Waals surface area contributed by atoms with Crippen molar-refractivity contribution in [1.82, 2.24) is 0 Å². The number of esters is 2. The van der Waals surface area contributed by atoms with E-state index in [1.165, 1.54) is 13.8 Å². The van der Waals surface area contributed by atoms with Crippen LogP contribution in [0.3, 0.4) is 0 Å². The van der Waals surface area contributed by atoms with Gasteiger partial charge in [-0.15, -0.1) is 0 Å². The van der Waals surface area contributed by atoms with E-state index in [0.29, 0.717) is 18.4 Å². The fourth-order valence-electron chi connectivity index (χ4n) is 4.93. The maximum atomic E-state index is 12.6. The summed E-state index contributed by atoms with van der Waals surface area (Å²) >= 11 is 0. The van der Waals surface area contributed by atoms with Gasteiger partial charge in [-0.25, -0.2) is 0 Å². The normalized spacial score (nSPS) is 33.7. The molecule has 1 saturated heterocycles. The van der Waals surface area contributed by atoms with Gasteiger partial charge in [-0.2, -0.15) is 0 Å². The SMILES string of the molecule is CCC(=O)C(C)(O)C1OC1CC(C)(O)C=CC=C(C)C1OC(=O)CC(O)CCC(C)C(OC(C)=O)C=CC1C. The zero-order chi connectivity index (χ0) is 29.5. The number of hydrogen-bond acceptors (Lipinski definition) is 9. The highest BCUT2D eigenvalue weighted by Crippen LogP contribution is 2.38. The minimum absolute atomic E-state index is 0.0402. The zero-order valence-corrected chi connectivity index (χ0v) is 24.3. The number of carbonyl (C=O) groups excluding carboxylic acids is 3. The molecule has 0 spiro atoms. The number of aliphatic hydroxyl groups is 3. The Hall–Kier alpha value is -2.33. The average molecular weight is 551 g/mol. The summed E-state index contributed by atoms with van der Waals surface area (Å²) in [6.07, 6.45) is 6.82. The fourth-order valence-corrected chi connectivity index (χ4v) is 4.93. The third kappa shape index (κ3) is 9.98. The molecule has 1 fully saturated rings. The van der Waals surface area contributed by atoms with E-state index in [4.69, 9.17) is 14.2 Å². The highest BCUT2D eigenvalue weighted by atomic mass is 16.6. The first kappa shape index (κ1) is 32.9. The van der Waals surface area contributed by atoms with E-state index in [1.54, 1.807) is 32.1 Å². The van der Waals surface area contributed by atoms with Crippen LogP contribution in [-0.2, 0) is 28.6 Å². The molecule has 220 valence electrons. The summed E-state index contributed by atoms with van der Waals surface area (Å²) in [4.78, 5) is 36.2. The first-order chi connectivity index (χ1) is 18.1. The van der Waals surface area contributed by atoms with Gasteiger partial charge in [0.2, 0.25) is 0 Å². The summed E-state index contributed by atoms with van der Waals surface area (Å²) < 4.78 is 16.7. The number of Topliss-reactive ketones (excluding diaryl/α,β-unsaturated/α-hetero) is 1. The molecule has 0 aromatic carbocycles. The number of cyclic esters (lactones) is 1. The molecule has 0 bridgehead atoms. The van der Waals surface area contributed by atoms with E-state index in [-0.39, 0.29) is 36.9 Å². The maximum Gasteiger partial charge on any atom is 0.309 e. The molecule has 2 heterocycles. The molecule has 0 aliphatic carbocycles. The highest BCUT2D eigenvalue weighted by Gasteiger charge is 2.55. The number of rotatable bonds is 9. The van der Waals surface area contributed by atoms with Crippen molar-refractivity contribution in [3.8, 4) is 0 Å². The number of ketones is 1. The number of carbonyl (C=O) groups is 3. The molecule has 2 aliphatic rings. The van der Waals surface area contributed by atoms with E-state index in [1.807, 2.05) is 32.9 Å². The predicted octanol–water partition coefficient (Wildman–Crippen LogP) is 3.34. The van der Waals surface area contributed by atoms with Gasteiger partial charge in [0.05, 0.1) is 24.2 Å². The van der Waals surface area contributed by atoms with Crippen LogP contribution in [0.4, 0.5) is 0 Å². The Labute approximate surface area is 231 Å². The second-order valence-electron chi connectivity index (χ2n) is 11.5. The van der Waals surface area contributed by atoms with Gasteiger partial charge < -0.3 is 29.5 Å². The largest absolute Gasteiger partial charge is 0.458 e. The third-order valence-corrected chi connectivity index (χ3v) is 7.46. The molecule has 0 aromatic rings. The van der Waals surface area contributed by atoms with Gasteiger partial charge in [-0.1, -0.05) is 45.1 Å². The summed E-state index contributed by atoms with van der Waals surface area (Å²) in [5.41, 5.74) is -2.14. The van der Waals surface area contributed by atoms with Crippen LogP contribution in [0.1, 0.15) is 80.6 Å². The summed E-state index contributed by atoms with van der Waals surface area (Å²) in [6, 6.07) is 0. The number of hydrogen-bond donors (Lipinski definition) is 3. The van der Waals surface area contributed by atoms with Crippen molar-refractivity contribution in [2.75, 3.05) is 0 Å². The third-order valence-electron chi connectivity index (χ3n) is 7.46. The second-order valence-corrected chi connectivity index (χ2v) is 11.5. The van der Waals surface area contributed by atoms with Crippen LogP contribution >= 0.6 is 0 Å². The van der Waals surface area contributed by atoms with Crippen LogP contribution in [-0.4, -0.2) is 74.8 Å². The van der Waals surface area contributed by atoms with Gasteiger partial charge in [0.25, 0.3) is 0 Å². The Morgan fingerprint density at radius 2 is 1.82 bits per heavy atom. The highest BCUT2D eigenvalue weighted by molar-refractivity contribution is 5.87. The monoisotopic (exact) mass is 550 g/mol. The molecule has 0 amide bonds. The minimum atomic E-state index is -1.59. The lowest BCUT2D eigenvalue weighted by Crippen LogP contribution is -2.42. The van der Waals surface area contributed by atoms with Gasteiger partial charge in [-0.3, -0.25) is 14.4 Å². The fraction of sp³-hybridized carbons (Fsp3) is 0.700. The molecule has 2 rings (SSSR count). The predicted molar refractivity (Wildman–Crippen MR) is 145 cm³/mol. The lowest BCUT2D eigenvalue weighted by molar-refractivity contribution is -0.151. The van der Waals surface area contributed by atoms with E-state index >= 15 is 0 Å². The Morgan fingerprint density at radius 1 is 1.15 bits per heavy atom. The van der Waals surface area contributed by atoms with Crippen LogP contribution in [0.2, 0.25) is 0 Å². The standard InChI is InChI=1S/C30H46O9/c1-8-25(33)30(7,36)28-24(38-28)17-29(6,35)15-9-10-19(3)27-20(4)12-14-23(37-21(5)31)18(2)11-13-22(32)16-26(34)39-27/h9-10,12,14-15,18,20,22-24,27-28,32,35-36H,8,11,13,16-17H2,1-7H3. The Kier molecular flexibility index (Phi) is 11.7. The van der Waals surface area contributed by atoms with Crippen molar-refractivity contribution in [1.29, 1.82) is 0 Å². The molecular formula is C30H46O9. The van der Waals surface area contributed by atoms with Crippen molar-refractivity contribution >= 4 is 17.7 Å². The molecule has 0 radical (unpaired) electrons. The van der Waals surface area contributed by atoms with Crippen LogP contribution in [0.5, 0.6) is 0 Å². The Balaban J connectivity index is 2.16. The van der Waals surface area contributed by atoms with Crippen molar-refractivity contribution in [3.63, 3.8) is 0 Å². The van der Waals surface area contributed by atoms with Crippen LogP contribution in [0.25, 0.3) is 0 Å². The van der Waals surface area contributed by atoms with E-state index < -0.39 is 53.7 Å². The van der Waals surface area contributed by atoms with Gasteiger partial charge in [0.15, 0.2) is 5.78 Å². The molecule has 2 aliphatic heterocycles. The summed E-state index contributed by atoms with van der Waals surface area (Å²) in [5.74, 6) is -1.51. The van der Waals surface area contributed by atoms with Crippen LogP contribution < -0.4 is 0 Å². The van der Waals surface area contributed by atoms with Crippen molar-refractivity contribution in [2.24, 2.45) is 11.8 Å². The van der Waals surface area contributed by atoms with Crippen molar-refractivity contribution in [2.45, 2.75) is 122 Å². The lowest BCUT2D eigenvalue weighted by atomic mass is 9.89. The summed E-state index contributed by atoms with van der Waals surface area (Å²) in [6.45, 7) is 11.7. The topological polar surface area (TPSA) is 143 Å². The van der Waals surface area contributed by atoms with Crippen LogP contribution in [0, 0.1) is 11.8 Å². The minimum Gasteiger partial charge on any atom is -0.458 e. The molecule has 9 atom stereocenters. The van der Waals surface area contributed by atoms with E-state index in [9.17, 15) is 29.7 Å².